The van der Waals surface area contributed by atoms with E-state index in [1.54, 1.807) is 0 Å². The van der Waals surface area contributed by atoms with Crippen LogP contribution in [-0.2, 0) is 0 Å². The molecule has 0 aliphatic carbocycles. The Kier molecular flexibility index (Phi) is 2.25. The first-order chi connectivity index (χ1) is 6.98. The molecule has 0 saturated heterocycles. The highest BCUT2D eigenvalue weighted by Crippen LogP contribution is 2.36. The summed E-state index contributed by atoms with van der Waals surface area (Å²) < 4.78 is 5.97. The Morgan fingerprint density at radius 1 is 1.40 bits per heavy atom. The highest BCUT2D eigenvalue weighted by molar-refractivity contribution is 5.64. The van der Waals surface area contributed by atoms with Gasteiger partial charge < -0.3 is 15.4 Å². The lowest BCUT2D eigenvalue weighted by Gasteiger charge is -2.23. The Hall–Kier alpha value is -1.38. The number of benzene rings is 1. The molecule has 1 heterocycles. The lowest BCUT2D eigenvalue weighted by molar-refractivity contribution is 0.108. The van der Waals surface area contributed by atoms with E-state index < -0.39 is 0 Å². The fraction of sp³-hybridized carbons (Fsp3) is 0.500. The smallest absolute Gasteiger partial charge is 0.145 e. The van der Waals surface area contributed by atoms with Crippen molar-refractivity contribution in [2.75, 3.05) is 24.2 Å². The summed E-state index contributed by atoms with van der Waals surface area (Å²) >= 11 is 0. The lowest BCUT2D eigenvalue weighted by Crippen LogP contribution is -2.29. The van der Waals surface area contributed by atoms with Crippen LogP contribution in [0.25, 0.3) is 0 Å². The molecule has 0 aromatic heterocycles. The lowest BCUT2D eigenvalue weighted by atomic mass is 10.1. The highest BCUT2D eigenvalue weighted by atomic mass is 16.5. The third kappa shape index (κ3) is 2.01. The van der Waals surface area contributed by atoms with Gasteiger partial charge in [-0.3, -0.25) is 0 Å². The molecule has 15 heavy (non-hydrogen) atoms. The van der Waals surface area contributed by atoms with Gasteiger partial charge in [0.2, 0.25) is 0 Å². The standard InChI is InChI=1S/C12H18N2O/c1-12(2)6-7-14(3)10-5-4-9(13)8-11(10)15-12/h4-5,8H,6-7,13H2,1-3H3. The van der Waals surface area contributed by atoms with Gasteiger partial charge in [-0.05, 0) is 26.0 Å². The van der Waals surface area contributed by atoms with Gasteiger partial charge in [0.05, 0.1) is 5.69 Å². The number of nitrogens with zero attached hydrogens (tertiary/aromatic N) is 1. The van der Waals surface area contributed by atoms with E-state index in [1.807, 2.05) is 18.2 Å². The van der Waals surface area contributed by atoms with Crippen molar-refractivity contribution in [2.45, 2.75) is 25.9 Å². The van der Waals surface area contributed by atoms with E-state index >= 15 is 0 Å². The Balaban J connectivity index is 2.45. The maximum atomic E-state index is 5.97. The summed E-state index contributed by atoms with van der Waals surface area (Å²) in [5.41, 5.74) is 7.52. The first-order valence-corrected chi connectivity index (χ1v) is 5.28. The molecule has 1 aromatic carbocycles. The Labute approximate surface area is 90.8 Å². The van der Waals surface area contributed by atoms with Gasteiger partial charge in [-0.1, -0.05) is 0 Å². The third-order valence-corrected chi connectivity index (χ3v) is 2.83. The molecule has 2 rings (SSSR count). The predicted octanol–water partition coefficient (Wildman–Crippen LogP) is 2.27. The highest BCUT2D eigenvalue weighted by Gasteiger charge is 2.26. The number of rotatable bonds is 0. The van der Waals surface area contributed by atoms with E-state index in [-0.39, 0.29) is 5.60 Å². The van der Waals surface area contributed by atoms with Gasteiger partial charge in [0.25, 0.3) is 0 Å². The van der Waals surface area contributed by atoms with Crippen molar-refractivity contribution in [3.05, 3.63) is 18.2 Å². The van der Waals surface area contributed by atoms with E-state index in [2.05, 4.69) is 25.8 Å². The molecule has 0 unspecified atom stereocenters. The number of anilines is 2. The summed E-state index contributed by atoms with van der Waals surface area (Å²) in [6, 6.07) is 5.84. The van der Waals surface area contributed by atoms with Gasteiger partial charge in [-0.2, -0.15) is 0 Å². The van der Waals surface area contributed by atoms with Gasteiger partial charge in [0.15, 0.2) is 0 Å². The zero-order chi connectivity index (χ0) is 11.1. The van der Waals surface area contributed by atoms with E-state index in [0.717, 1.165) is 30.1 Å². The Morgan fingerprint density at radius 2 is 2.13 bits per heavy atom. The summed E-state index contributed by atoms with van der Waals surface area (Å²) in [7, 11) is 2.08. The van der Waals surface area contributed by atoms with Crippen LogP contribution in [0.3, 0.4) is 0 Å². The Morgan fingerprint density at radius 3 is 2.87 bits per heavy atom. The van der Waals surface area contributed by atoms with Crippen LogP contribution in [0.5, 0.6) is 5.75 Å². The van der Waals surface area contributed by atoms with Crippen molar-refractivity contribution >= 4 is 11.4 Å². The van der Waals surface area contributed by atoms with E-state index in [9.17, 15) is 0 Å². The topological polar surface area (TPSA) is 38.5 Å². The molecule has 0 radical (unpaired) electrons. The van der Waals surface area contributed by atoms with E-state index in [1.165, 1.54) is 0 Å². The van der Waals surface area contributed by atoms with Crippen molar-refractivity contribution in [1.29, 1.82) is 0 Å². The molecular formula is C12H18N2O. The van der Waals surface area contributed by atoms with Gasteiger partial charge >= 0.3 is 0 Å². The van der Waals surface area contributed by atoms with Crippen molar-refractivity contribution in [3.63, 3.8) is 0 Å². The van der Waals surface area contributed by atoms with Crippen molar-refractivity contribution in [3.8, 4) is 5.75 Å². The van der Waals surface area contributed by atoms with Crippen LogP contribution in [0.1, 0.15) is 20.3 Å². The number of nitrogen functional groups attached to an aromatic ring is 1. The van der Waals surface area contributed by atoms with Gasteiger partial charge in [-0.25, -0.2) is 0 Å². The largest absolute Gasteiger partial charge is 0.486 e. The molecular weight excluding hydrogens is 188 g/mol. The van der Waals surface area contributed by atoms with Crippen LogP contribution in [0, 0.1) is 0 Å². The van der Waals surface area contributed by atoms with Crippen LogP contribution in [0.2, 0.25) is 0 Å². The minimum Gasteiger partial charge on any atom is -0.486 e. The molecule has 0 spiro atoms. The number of ether oxygens (including phenoxy) is 1. The molecule has 0 bridgehead atoms. The van der Waals surface area contributed by atoms with E-state index in [0.29, 0.717) is 0 Å². The monoisotopic (exact) mass is 206 g/mol. The van der Waals surface area contributed by atoms with Gasteiger partial charge in [-0.15, -0.1) is 0 Å². The maximum absolute atomic E-state index is 5.97. The molecule has 2 N–H and O–H groups in total. The van der Waals surface area contributed by atoms with Crippen LogP contribution < -0.4 is 15.4 Å². The average molecular weight is 206 g/mol. The number of nitrogens with two attached hydrogens (primary N) is 1. The second-order valence-corrected chi connectivity index (χ2v) is 4.76. The molecule has 0 fully saturated rings. The quantitative estimate of drug-likeness (QED) is 0.662. The zero-order valence-electron chi connectivity index (χ0n) is 9.58. The molecule has 3 heteroatoms. The summed E-state index contributed by atoms with van der Waals surface area (Å²) in [5.74, 6) is 0.889. The minimum absolute atomic E-state index is 0.118. The molecule has 1 aromatic rings. The number of fused-ring (bicyclic) bond motifs is 1. The molecule has 1 aliphatic heterocycles. The third-order valence-electron chi connectivity index (χ3n) is 2.83. The van der Waals surface area contributed by atoms with Gasteiger partial charge in [0.1, 0.15) is 11.4 Å². The molecule has 82 valence electrons. The normalized spacial score (nSPS) is 19.0. The summed E-state index contributed by atoms with van der Waals surface area (Å²) in [5, 5.41) is 0. The second kappa shape index (κ2) is 3.33. The molecule has 0 saturated carbocycles. The van der Waals surface area contributed by atoms with Crippen LogP contribution in [0.4, 0.5) is 11.4 Å². The zero-order valence-corrected chi connectivity index (χ0v) is 9.58. The first-order valence-electron chi connectivity index (χ1n) is 5.28. The fourth-order valence-corrected chi connectivity index (χ4v) is 1.83. The Bertz CT molecular complexity index is 374. The fourth-order valence-electron chi connectivity index (χ4n) is 1.83. The summed E-state index contributed by atoms with van der Waals surface area (Å²) in [4.78, 5) is 2.21. The molecule has 0 amide bonds. The van der Waals surface area contributed by atoms with Crippen LogP contribution >= 0.6 is 0 Å². The molecule has 1 aliphatic rings. The van der Waals surface area contributed by atoms with Crippen molar-refractivity contribution < 1.29 is 4.74 Å². The molecule has 0 atom stereocenters. The predicted molar refractivity (Wildman–Crippen MR) is 63.4 cm³/mol. The summed E-state index contributed by atoms with van der Waals surface area (Å²) in [6.45, 7) is 5.22. The minimum atomic E-state index is -0.118. The van der Waals surface area contributed by atoms with Gasteiger partial charge in [0, 0.05) is 31.8 Å². The second-order valence-electron chi connectivity index (χ2n) is 4.76. The first kappa shape index (κ1) is 10.1. The van der Waals surface area contributed by atoms with Crippen molar-refractivity contribution in [1.82, 2.24) is 0 Å². The SMILES string of the molecule is CN1CCC(C)(C)Oc2cc(N)ccc21. The van der Waals surface area contributed by atoms with Crippen LogP contribution in [-0.4, -0.2) is 19.2 Å². The van der Waals surface area contributed by atoms with Crippen molar-refractivity contribution in [2.24, 2.45) is 0 Å². The van der Waals surface area contributed by atoms with Crippen LogP contribution in [0.15, 0.2) is 18.2 Å². The average Bonchev–Trinajstić information content (AvgIpc) is 2.23. The number of hydrogen-bond acceptors (Lipinski definition) is 3. The number of hydrogen-bond donors (Lipinski definition) is 1. The maximum Gasteiger partial charge on any atom is 0.145 e. The molecule has 3 nitrogen and oxygen atoms in total. The summed E-state index contributed by atoms with van der Waals surface area (Å²) in [6.07, 6.45) is 1.01. The van der Waals surface area contributed by atoms with E-state index in [4.69, 9.17) is 10.5 Å².